The molecule has 1 aromatic heterocycles. The molecular formula is C13H16N2O3S. The van der Waals surface area contributed by atoms with Crippen LogP contribution in [0.15, 0.2) is 5.38 Å². The van der Waals surface area contributed by atoms with Crippen LogP contribution in [0, 0.1) is 24.7 Å². The zero-order valence-corrected chi connectivity index (χ0v) is 11.4. The van der Waals surface area contributed by atoms with Crippen molar-refractivity contribution < 1.29 is 14.7 Å². The Labute approximate surface area is 115 Å². The van der Waals surface area contributed by atoms with Gasteiger partial charge in [-0.25, -0.2) is 4.98 Å². The molecule has 2 saturated carbocycles. The number of aryl methyl sites for hydroxylation is 1. The van der Waals surface area contributed by atoms with Gasteiger partial charge in [-0.15, -0.1) is 11.3 Å². The number of thiazole rings is 1. The van der Waals surface area contributed by atoms with Gasteiger partial charge < -0.3 is 10.4 Å². The summed E-state index contributed by atoms with van der Waals surface area (Å²) in [7, 11) is 0. The lowest BCUT2D eigenvalue weighted by atomic mass is 10.2. The Balaban J connectivity index is 1.66. The van der Waals surface area contributed by atoms with Crippen LogP contribution < -0.4 is 5.32 Å². The number of aliphatic carboxylic acids is 1. The van der Waals surface area contributed by atoms with Gasteiger partial charge >= 0.3 is 5.97 Å². The van der Waals surface area contributed by atoms with Crippen LogP contribution in [0.5, 0.6) is 0 Å². The molecule has 0 aliphatic heterocycles. The highest BCUT2D eigenvalue weighted by Gasteiger charge is 2.49. The number of carboxylic acids is 1. The topological polar surface area (TPSA) is 79.3 Å². The van der Waals surface area contributed by atoms with Crippen molar-refractivity contribution in [2.75, 3.05) is 0 Å². The van der Waals surface area contributed by atoms with Crippen molar-refractivity contribution in [1.29, 1.82) is 0 Å². The average molecular weight is 280 g/mol. The summed E-state index contributed by atoms with van der Waals surface area (Å²) in [6.45, 7) is 1.94. The maximum Gasteiger partial charge on any atom is 0.307 e. The molecule has 0 spiro atoms. The van der Waals surface area contributed by atoms with Gasteiger partial charge in [0.05, 0.1) is 17.9 Å². The van der Waals surface area contributed by atoms with Crippen LogP contribution in [0.1, 0.15) is 36.0 Å². The van der Waals surface area contributed by atoms with Crippen LogP contribution in [0.4, 0.5) is 0 Å². The normalized spacial score (nSPS) is 26.8. The van der Waals surface area contributed by atoms with Gasteiger partial charge in [0.25, 0.3) is 0 Å². The van der Waals surface area contributed by atoms with E-state index < -0.39 is 11.9 Å². The summed E-state index contributed by atoms with van der Waals surface area (Å²) in [5.41, 5.74) is 0.967. The second kappa shape index (κ2) is 4.59. The van der Waals surface area contributed by atoms with Crippen LogP contribution >= 0.6 is 11.3 Å². The molecule has 0 radical (unpaired) electrons. The molecular weight excluding hydrogens is 264 g/mol. The predicted octanol–water partition coefficient (Wildman–Crippen LogP) is 1.74. The van der Waals surface area contributed by atoms with Gasteiger partial charge in [0.15, 0.2) is 0 Å². The van der Waals surface area contributed by atoms with E-state index in [4.69, 9.17) is 5.11 Å². The Morgan fingerprint density at radius 3 is 2.68 bits per heavy atom. The number of carbonyl (C=O) groups is 2. The molecule has 0 aromatic carbocycles. The summed E-state index contributed by atoms with van der Waals surface area (Å²) < 4.78 is 0. The first kappa shape index (κ1) is 12.6. The minimum absolute atomic E-state index is 0.0266. The quantitative estimate of drug-likeness (QED) is 0.861. The molecule has 2 fully saturated rings. The van der Waals surface area contributed by atoms with Crippen molar-refractivity contribution in [3.63, 3.8) is 0 Å². The average Bonchev–Trinajstić information content (AvgIpc) is 3.23. The van der Waals surface area contributed by atoms with E-state index in [1.54, 1.807) is 11.3 Å². The smallest absolute Gasteiger partial charge is 0.307 e. The molecule has 1 heterocycles. The highest BCUT2D eigenvalue weighted by atomic mass is 32.1. The van der Waals surface area contributed by atoms with Gasteiger partial charge in [0.1, 0.15) is 5.01 Å². The summed E-state index contributed by atoms with van der Waals surface area (Å²) in [6, 6.07) is -0.0266. The van der Waals surface area contributed by atoms with Crippen LogP contribution in [0.25, 0.3) is 0 Å². The predicted molar refractivity (Wildman–Crippen MR) is 69.7 cm³/mol. The Morgan fingerprint density at radius 1 is 1.47 bits per heavy atom. The zero-order chi connectivity index (χ0) is 13.6. The van der Waals surface area contributed by atoms with Gasteiger partial charge in [0, 0.05) is 11.1 Å². The molecule has 2 aliphatic rings. The third-order valence-electron chi connectivity index (χ3n) is 3.74. The molecule has 102 valence electrons. The van der Waals surface area contributed by atoms with E-state index in [-0.39, 0.29) is 17.9 Å². The second-order valence-electron chi connectivity index (χ2n) is 5.44. The number of carboxylic acid groups (broad SMARTS) is 1. The summed E-state index contributed by atoms with van der Waals surface area (Å²) in [6.07, 6.45) is 2.68. The number of carbonyl (C=O) groups excluding carboxylic acids is 1. The number of aromatic nitrogens is 1. The fourth-order valence-electron chi connectivity index (χ4n) is 2.34. The first-order chi connectivity index (χ1) is 9.06. The third kappa shape index (κ3) is 2.63. The van der Waals surface area contributed by atoms with Gasteiger partial charge in [-0.05, 0) is 32.1 Å². The number of hydrogen-bond donors (Lipinski definition) is 2. The number of rotatable bonds is 5. The summed E-state index contributed by atoms with van der Waals surface area (Å²) in [5, 5.41) is 14.8. The summed E-state index contributed by atoms with van der Waals surface area (Å²) >= 11 is 1.57. The summed E-state index contributed by atoms with van der Waals surface area (Å²) in [5.74, 6) is -1.36. The molecule has 0 saturated heterocycles. The monoisotopic (exact) mass is 280 g/mol. The molecule has 6 heteroatoms. The van der Waals surface area contributed by atoms with Crippen molar-refractivity contribution in [1.82, 2.24) is 10.3 Å². The van der Waals surface area contributed by atoms with E-state index in [9.17, 15) is 9.59 Å². The molecule has 2 N–H and O–H groups in total. The Bertz CT molecular complexity index is 524. The molecule has 0 bridgehead atoms. The van der Waals surface area contributed by atoms with E-state index in [0.29, 0.717) is 12.3 Å². The number of amides is 1. The van der Waals surface area contributed by atoms with Crippen LogP contribution in [-0.4, -0.2) is 22.0 Å². The maximum atomic E-state index is 12.0. The van der Waals surface area contributed by atoms with Crippen molar-refractivity contribution >= 4 is 23.2 Å². The van der Waals surface area contributed by atoms with Gasteiger partial charge in [-0.1, -0.05) is 0 Å². The fourth-order valence-corrected chi connectivity index (χ4v) is 3.28. The molecule has 19 heavy (non-hydrogen) atoms. The fraction of sp³-hybridized carbons (Fsp3) is 0.615. The van der Waals surface area contributed by atoms with Gasteiger partial charge in [0.2, 0.25) is 5.91 Å². The molecule has 1 amide bonds. The Kier molecular flexibility index (Phi) is 3.05. The van der Waals surface area contributed by atoms with Gasteiger partial charge in [-0.3, -0.25) is 9.59 Å². The number of hydrogen-bond acceptors (Lipinski definition) is 4. The highest BCUT2D eigenvalue weighted by molar-refractivity contribution is 7.09. The Hall–Kier alpha value is -1.43. The standard InChI is InChI=1S/C13H16N2O3S/c1-6-5-19-12(14-6)10(7-2-3-7)15-11(16)8-4-9(8)13(17)18/h5,7-10H,2-4H2,1H3,(H,15,16)(H,17,18). The lowest BCUT2D eigenvalue weighted by Gasteiger charge is -2.15. The number of nitrogens with one attached hydrogen (secondary N) is 1. The molecule has 1 aromatic rings. The van der Waals surface area contributed by atoms with Crippen molar-refractivity contribution in [2.24, 2.45) is 17.8 Å². The largest absolute Gasteiger partial charge is 0.481 e. The first-order valence-electron chi connectivity index (χ1n) is 6.51. The summed E-state index contributed by atoms with van der Waals surface area (Å²) in [4.78, 5) is 27.3. The molecule has 3 atom stereocenters. The van der Waals surface area contributed by atoms with E-state index in [2.05, 4.69) is 10.3 Å². The van der Waals surface area contributed by atoms with E-state index in [1.165, 1.54) is 0 Å². The second-order valence-corrected chi connectivity index (χ2v) is 6.33. The first-order valence-corrected chi connectivity index (χ1v) is 7.39. The minimum atomic E-state index is -0.867. The minimum Gasteiger partial charge on any atom is -0.481 e. The molecule has 5 nitrogen and oxygen atoms in total. The SMILES string of the molecule is Cc1csc(C(NC(=O)C2CC2C(=O)O)C2CC2)n1. The molecule has 3 unspecified atom stereocenters. The van der Waals surface area contributed by atoms with Crippen LogP contribution in [-0.2, 0) is 9.59 Å². The van der Waals surface area contributed by atoms with E-state index in [0.717, 1.165) is 23.5 Å². The van der Waals surface area contributed by atoms with Gasteiger partial charge in [-0.2, -0.15) is 0 Å². The van der Waals surface area contributed by atoms with Crippen molar-refractivity contribution in [3.05, 3.63) is 16.1 Å². The lowest BCUT2D eigenvalue weighted by molar-refractivity contribution is -0.140. The molecule has 2 aliphatic carbocycles. The van der Waals surface area contributed by atoms with E-state index >= 15 is 0 Å². The highest BCUT2D eigenvalue weighted by Crippen LogP contribution is 2.44. The van der Waals surface area contributed by atoms with Crippen molar-refractivity contribution in [2.45, 2.75) is 32.2 Å². The molecule has 3 rings (SSSR count). The lowest BCUT2D eigenvalue weighted by Crippen LogP contribution is -2.32. The zero-order valence-electron chi connectivity index (χ0n) is 10.6. The Morgan fingerprint density at radius 2 is 2.21 bits per heavy atom. The van der Waals surface area contributed by atoms with Crippen molar-refractivity contribution in [3.8, 4) is 0 Å². The third-order valence-corrected chi connectivity index (χ3v) is 4.78. The number of nitrogens with zero attached hydrogens (tertiary/aromatic N) is 1. The van der Waals surface area contributed by atoms with Crippen LogP contribution in [0.3, 0.4) is 0 Å². The maximum absolute atomic E-state index is 12.0. The van der Waals surface area contributed by atoms with E-state index in [1.807, 2.05) is 12.3 Å². The van der Waals surface area contributed by atoms with Crippen LogP contribution in [0.2, 0.25) is 0 Å².